The summed E-state index contributed by atoms with van der Waals surface area (Å²) in [7, 11) is 0. The summed E-state index contributed by atoms with van der Waals surface area (Å²) in [6.07, 6.45) is 3.27. The molecule has 0 aliphatic carbocycles. The van der Waals surface area contributed by atoms with E-state index >= 15 is 0 Å². The van der Waals surface area contributed by atoms with Crippen LogP contribution in [0.1, 0.15) is 19.3 Å². The Morgan fingerprint density at radius 3 is 2.34 bits per heavy atom. The number of halogens is 2. The molecule has 0 saturated carbocycles. The van der Waals surface area contributed by atoms with Crippen molar-refractivity contribution < 1.29 is 46.8 Å². The van der Waals surface area contributed by atoms with Gasteiger partial charge in [-0.3, -0.25) is 4.79 Å². The molecule has 1 heterocycles. The third-order valence-electron chi connectivity index (χ3n) is 5.60. The van der Waals surface area contributed by atoms with Gasteiger partial charge in [0.15, 0.2) is 17.4 Å². The highest BCUT2D eigenvalue weighted by atomic mass is 19.1. The molecular formula is C28H32F2O8. The van der Waals surface area contributed by atoms with Crippen molar-refractivity contribution in [1.82, 2.24) is 0 Å². The van der Waals surface area contributed by atoms with E-state index < -0.39 is 23.4 Å². The van der Waals surface area contributed by atoms with Gasteiger partial charge in [-0.1, -0.05) is 18.7 Å². The molecule has 0 aromatic heterocycles. The molecule has 0 bridgehead atoms. The largest absolute Gasteiger partial charge is 0.490 e. The molecule has 0 amide bonds. The lowest BCUT2D eigenvalue weighted by molar-refractivity contribution is -0.145. The Morgan fingerprint density at radius 1 is 0.947 bits per heavy atom. The maximum absolute atomic E-state index is 14.4. The lowest BCUT2D eigenvalue weighted by Gasteiger charge is -2.21. The summed E-state index contributed by atoms with van der Waals surface area (Å²) in [5.41, 5.74) is 0.872. The number of benzene rings is 2. The third-order valence-corrected chi connectivity index (χ3v) is 5.60. The summed E-state index contributed by atoms with van der Waals surface area (Å²) >= 11 is 0. The first-order valence-electron chi connectivity index (χ1n) is 12.4. The SMILES string of the molecule is C=CC(=O)OCCOc1c(F)cc(-c2ccc(OCCOC(=O)CCOCC3CCCOC3)cc2)cc1F. The average molecular weight is 535 g/mol. The lowest BCUT2D eigenvalue weighted by atomic mass is 10.0. The van der Waals surface area contributed by atoms with Crippen LogP contribution < -0.4 is 9.47 Å². The van der Waals surface area contributed by atoms with Crippen LogP contribution in [0.2, 0.25) is 0 Å². The topological polar surface area (TPSA) is 89.5 Å². The quantitative estimate of drug-likeness (QED) is 0.188. The van der Waals surface area contributed by atoms with Gasteiger partial charge >= 0.3 is 11.9 Å². The van der Waals surface area contributed by atoms with E-state index in [0.717, 1.165) is 37.7 Å². The van der Waals surface area contributed by atoms with Crippen LogP contribution in [0.25, 0.3) is 11.1 Å². The van der Waals surface area contributed by atoms with Crippen molar-refractivity contribution >= 4 is 11.9 Å². The number of rotatable bonds is 15. The van der Waals surface area contributed by atoms with Crippen LogP contribution in [0.4, 0.5) is 8.78 Å². The fourth-order valence-corrected chi connectivity index (χ4v) is 3.68. The molecular weight excluding hydrogens is 502 g/mol. The fourth-order valence-electron chi connectivity index (χ4n) is 3.68. The van der Waals surface area contributed by atoms with Crippen molar-refractivity contribution in [2.24, 2.45) is 5.92 Å². The highest BCUT2D eigenvalue weighted by molar-refractivity contribution is 5.81. The molecule has 1 aliphatic heterocycles. The molecule has 206 valence electrons. The Balaban J connectivity index is 1.36. The number of carbonyl (C=O) groups is 2. The molecule has 38 heavy (non-hydrogen) atoms. The molecule has 2 aromatic rings. The van der Waals surface area contributed by atoms with Crippen LogP contribution in [0.5, 0.6) is 11.5 Å². The van der Waals surface area contributed by atoms with E-state index in [4.69, 9.17) is 28.4 Å². The third kappa shape index (κ3) is 9.75. The van der Waals surface area contributed by atoms with Crippen molar-refractivity contribution in [2.75, 3.05) is 52.9 Å². The van der Waals surface area contributed by atoms with E-state index in [1.807, 2.05) is 0 Å². The highest BCUT2D eigenvalue weighted by Crippen LogP contribution is 2.30. The lowest BCUT2D eigenvalue weighted by Crippen LogP contribution is -2.22. The first kappa shape index (κ1) is 29.1. The van der Waals surface area contributed by atoms with Gasteiger partial charge < -0.3 is 28.4 Å². The second-order valence-corrected chi connectivity index (χ2v) is 8.49. The van der Waals surface area contributed by atoms with Gasteiger partial charge in [0.1, 0.15) is 32.2 Å². The second-order valence-electron chi connectivity index (χ2n) is 8.49. The molecule has 1 atom stereocenters. The predicted molar refractivity (Wildman–Crippen MR) is 134 cm³/mol. The monoisotopic (exact) mass is 534 g/mol. The maximum Gasteiger partial charge on any atom is 0.330 e. The van der Waals surface area contributed by atoms with E-state index in [-0.39, 0.29) is 38.8 Å². The average Bonchev–Trinajstić information content (AvgIpc) is 2.93. The zero-order valence-electron chi connectivity index (χ0n) is 21.1. The first-order valence-corrected chi connectivity index (χ1v) is 12.4. The summed E-state index contributed by atoms with van der Waals surface area (Å²) in [6.45, 7) is 5.50. The summed E-state index contributed by atoms with van der Waals surface area (Å²) in [6, 6.07) is 8.90. The molecule has 0 N–H and O–H groups in total. The van der Waals surface area contributed by atoms with Gasteiger partial charge in [-0.05, 0) is 48.2 Å². The molecule has 3 rings (SSSR count). The molecule has 10 heteroatoms. The Hall–Kier alpha value is -3.50. The van der Waals surface area contributed by atoms with Crippen LogP contribution in [0, 0.1) is 17.6 Å². The summed E-state index contributed by atoms with van der Waals surface area (Å²) in [5, 5.41) is 0. The molecule has 0 radical (unpaired) electrons. The molecule has 1 aliphatic rings. The minimum Gasteiger partial charge on any atom is -0.490 e. The Bertz CT molecular complexity index is 1030. The number of hydrogen-bond donors (Lipinski definition) is 0. The predicted octanol–water partition coefficient (Wildman–Crippen LogP) is 4.50. The Labute approximate surface area is 220 Å². The molecule has 2 aromatic carbocycles. The summed E-state index contributed by atoms with van der Waals surface area (Å²) in [5.74, 6) is -2.44. The second kappa shape index (κ2) is 15.7. The zero-order chi connectivity index (χ0) is 27.2. The van der Waals surface area contributed by atoms with Gasteiger partial charge in [0, 0.05) is 18.6 Å². The summed E-state index contributed by atoms with van der Waals surface area (Å²) < 4.78 is 60.2. The summed E-state index contributed by atoms with van der Waals surface area (Å²) in [4.78, 5) is 22.8. The van der Waals surface area contributed by atoms with Crippen molar-refractivity contribution in [3.05, 3.63) is 60.7 Å². The van der Waals surface area contributed by atoms with E-state index in [1.54, 1.807) is 24.3 Å². The fraction of sp³-hybridized carbons (Fsp3) is 0.429. The van der Waals surface area contributed by atoms with E-state index in [9.17, 15) is 18.4 Å². The smallest absolute Gasteiger partial charge is 0.330 e. The van der Waals surface area contributed by atoms with Crippen LogP contribution in [0.15, 0.2) is 49.1 Å². The molecule has 0 spiro atoms. The number of esters is 2. The van der Waals surface area contributed by atoms with Gasteiger partial charge in [-0.15, -0.1) is 0 Å². The minimum absolute atomic E-state index is 0.0850. The number of carbonyl (C=O) groups excluding carboxylic acids is 2. The van der Waals surface area contributed by atoms with Crippen LogP contribution in [-0.2, 0) is 28.5 Å². The standard InChI is InChI=1S/C28H32F2O8/c1-2-26(31)36-14-15-38-28-24(29)16-22(17-25(28)30)21-5-7-23(8-6-21)35-12-13-37-27(32)9-11-34-19-20-4-3-10-33-18-20/h2,5-8,16-17,20H,1,3-4,9-15,18-19H2. The molecule has 1 saturated heterocycles. The Morgan fingerprint density at radius 2 is 1.66 bits per heavy atom. The van der Waals surface area contributed by atoms with Crippen LogP contribution >= 0.6 is 0 Å². The van der Waals surface area contributed by atoms with E-state index in [1.165, 1.54) is 0 Å². The van der Waals surface area contributed by atoms with Crippen LogP contribution in [0.3, 0.4) is 0 Å². The van der Waals surface area contributed by atoms with Gasteiger partial charge in [0.2, 0.25) is 0 Å². The van der Waals surface area contributed by atoms with E-state index in [2.05, 4.69) is 6.58 Å². The van der Waals surface area contributed by atoms with Gasteiger partial charge in [-0.25, -0.2) is 13.6 Å². The van der Waals surface area contributed by atoms with Gasteiger partial charge in [-0.2, -0.15) is 0 Å². The number of ether oxygens (including phenoxy) is 6. The molecule has 1 fully saturated rings. The van der Waals surface area contributed by atoms with Crippen molar-refractivity contribution in [2.45, 2.75) is 19.3 Å². The van der Waals surface area contributed by atoms with Gasteiger partial charge in [0.05, 0.1) is 26.2 Å². The normalized spacial score (nSPS) is 14.9. The highest BCUT2D eigenvalue weighted by Gasteiger charge is 2.15. The van der Waals surface area contributed by atoms with Gasteiger partial charge in [0.25, 0.3) is 0 Å². The van der Waals surface area contributed by atoms with Crippen molar-refractivity contribution in [1.29, 1.82) is 0 Å². The van der Waals surface area contributed by atoms with Crippen LogP contribution in [-0.4, -0.2) is 64.8 Å². The maximum atomic E-state index is 14.4. The molecule has 8 nitrogen and oxygen atoms in total. The number of hydrogen-bond acceptors (Lipinski definition) is 8. The molecule has 1 unspecified atom stereocenters. The first-order chi connectivity index (χ1) is 18.5. The zero-order valence-corrected chi connectivity index (χ0v) is 21.1. The van der Waals surface area contributed by atoms with Crippen molar-refractivity contribution in [3.63, 3.8) is 0 Å². The Kier molecular flexibility index (Phi) is 12.0. The van der Waals surface area contributed by atoms with Crippen molar-refractivity contribution in [3.8, 4) is 22.6 Å². The minimum atomic E-state index is -0.884. The van der Waals surface area contributed by atoms with E-state index in [0.29, 0.717) is 42.6 Å².